The average Bonchev–Trinajstić information content (AvgIpc) is 2.78. The Morgan fingerprint density at radius 2 is 1.52 bits per heavy atom. The second kappa shape index (κ2) is 8.48. The number of esters is 1. The van der Waals surface area contributed by atoms with Crippen molar-refractivity contribution in [2.75, 3.05) is 18.5 Å². The highest BCUT2D eigenvalue weighted by Gasteiger charge is 2.16. The summed E-state index contributed by atoms with van der Waals surface area (Å²) in [6.45, 7) is 1.06. The summed E-state index contributed by atoms with van der Waals surface area (Å²) >= 11 is 0. The number of carbonyl (C=O) groups excluding carboxylic acids is 2. The van der Waals surface area contributed by atoms with Gasteiger partial charge < -0.3 is 19.5 Å². The van der Waals surface area contributed by atoms with Crippen LogP contribution < -0.4 is 14.8 Å². The first-order valence-electron chi connectivity index (χ1n) is 9.21. The molecule has 4 rings (SSSR count). The molecule has 0 atom stereocenters. The molecule has 0 unspecified atom stereocenters. The molecule has 0 bridgehead atoms. The van der Waals surface area contributed by atoms with Gasteiger partial charge in [-0.15, -0.1) is 0 Å². The Morgan fingerprint density at radius 1 is 0.828 bits per heavy atom. The molecule has 146 valence electrons. The molecule has 6 heteroatoms. The van der Waals surface area contributed by atoms with Gasteiger partial charge in [0.15, 0.2) is 11.5 Å². The highest BCUT2D eigenvalue weighted by Crippen LogP contribution is 2.31. The molecule has 1 N–H and O–H groups in total. The monoisotopic (exact) mass is 389 g/mol. The van der Waals surface area contributed by atoms with Crippen LogP contribution in [0.3, 0.4) is 0 Å². The molecule has 29 heavy (non-hydrogen) atoms. The van der Waals surface area contributed by atoms with E-state index in [2.05, 4.69) is 5.32 Å². The number of para-hydroxylation sites is 1. The van der Waals surface area contributed by atoms with E-state index in [1.54, 1.807) is 42.5 Å². The summed E-state index contributed by atoms with van der Waals surface area (Å²) < 4.78 is 16.3. The van der Waals surface area contributed by atoms with E-state index < -0.39 is 5.97 Å². The molecule has 1 amide bonds. The molecule has 0 aromatic heterocycles. The predicted octanol–water partition coefficient (Wildman–Crippen LogP) is 4.07. The third-order valence-electron chi connectivity index (χ3n) is 4.40. The van der Waals surface area contributed by atoms with Gasteiger partial charge in [0.2, 0.25) is 0 Å². The van der Waals surface area contributed by atoms with Gasteiger partial charge in [0.25, 0.3) is 5.91 Å². The first kappa shape index (κ1) is 18.6. The Hall–Kier alpha value is -3.80. The van der Waals surface area contributed by atoms with Crippen molar-refractivity contribution in [2.45, 2.75) is 6.61 Å². The lowest BCUT2D eigenvalue weighted by atomic mass is 10.1. The third kappa shape index (κ3) is 4.55. The number of benzene rings is 3. The zero-order chi connectivity index (χ0) is 20.1. The van der Waals surface area contributed by atoms with Gasteiger partial charge in [0.1, 0.15) is 19.8 Å². The van der Waals surface area contributed by atoms with E-state index in [4.69, 9.17) is 14.2 Å². The Labute approximate surface area is 168 Å². The highest BCUT2D eigenvalue weighted by atomic mass is 16.6. The van der Waals surface area contributed by atoms with Crippen molar-refractivity contribution in [3.8, 4) is 11.5 Å². The predicted molar refractivity (Wildman–Crippen MR) is 107 cm³/mol. The van der Waals surface area contributed by atoms with Crippen LogP contribution in [0.5, 0.6) is 11.5 Å². The van der Waals surface area contributed by atoms with E-state index in [1.807, 2.05) is 30.3 Å². The summed E-state index contributed by atoms with van der Waals surface area (Å²) in [6.07, 6.45) is 0. The fraction of sp³-hybridized carbons (Fsp3) is 0.130. The van der Waals surface area contributed by atoms with E-state index in [9.17, 15) is 9.59 Å². The average molecular weight is 389 g/mol. The number of rotatable bonds is 5. The maximum atomic E-state index is 12.3. The van der Waals surface area contributed by atoms with E-state index >= 15 is 0 Å². The van der Waals surface area contributed by atoms with Gasteiger partial charge in [0, 0.05) is 11.3 Å². The van der Waals surface area contributed by atoms with Crippen LogP contribution in [0.4, 0.5) is 5.69 Å². The number of carbonyl (C=O) groups is 2. The first-order chi connectivity index (χ1) is 14.2. The standard InChI is InChI=1S/C23H19NO5/c25-22(24-19-4-2-1-3-5-19)17-8-6-16(7-9-17)15-29-23(26)18-10-11-20-21(14-18)28-13-12-27-20/h1-11,14H,12-13,15H2,(H,24,25). The molecule has 6 nitrogen and oxygen atoms in total. The Balaban J connectivity index is 1.34. The largest absolute Gasteiger partial charge is 0.486 e. The lowest BCUT2D eigenvalue weighted by Crippen LogP contribution is -2.16. The first-order valence-corrected chi connectivity index (χ1v) is 9.21. The van der Waals surface area contributed by atoms with Crippen LogP contribution in [0.15, 0.2) is 72.8 Å². The molecule has 0 saturated heterocycles. The number of anilines is 1. The minimum Gasteiger partial charge on any atom is -0.486 e. The third-order valence-corrected chi connectivity index (χ3v) is 4.40. The van der Waals surface area contributed by atoms with Crippen molar-refractivity contribution in [3.63, 3.8) is 0 Å². The molecule has 0 fully saturated rings. The highest BCUT2D eigenvalue weighted by molar-refractivity contribution is 6.04. The number of nitrogens with one attached hydrogen (secondary N) is 1. The minimum atomic E-state index is -0.451. The smallest absolute Gasteiger partial charge is 0.338 e. The summed E-state index contributed by atoms with van der Waals surface area (Å²) in [5.74, 6) is 0.514. The Bertz CT molecular complexity index is 1020. The van der Waals surface area contributed by atoms with Gasteiger partial charge in [0.05, 0.1) is 5.56 Å². The van der Waals surface area contributed by atoms with Crippen molar-refractivity contribution in [1.29, 1.82) is 0 Å². The number of ether oxygens (including phenoxy) is 3. The second-order valence-electron chi connectivity index (χ2n) is 6.45. The Kier molecular flexibility index (Phi) is 5.42. The molecule has 0 saturated carbocycles. The van der Waals surface area contributed by atoms with Gasteiger partial charge in [-0.1, -0.05) is 30.3 Å². The number of hydrogen-bond donors (Lipinski definition) is 1. The van der Waals surface area contributed by atoms with E-state index in [0.29, 0.717) is 35.8 Å². The number of fused-ring (bicyclic) bond motifs is 1. The number of amides is 1. The van der Waals surface area contributed by atoms with Crippen LogP contribution in [-0.2, 0) is 11.3 Å². The van der Waals surface area contributed by atoms with E-state index in [-0.39, 0.29) is 12.5 Å². The van der Waals surface area contributed by atoms with Crippen LogP contribution >= 0.6 is 0 Å². The summed E-state index contributed by atoms with van der Waals surface area (Å²) in [5, 5.41) is 2.83. The second-order valence-corrected chi connectivity index (χ2v) is 6.45. The summed E-state index contributed by atoms with van der Waals surface area (Å²) in [7, 11) is 0. The topological polar surface area (TPSA) is 73.9 Å². The fourth-order valence-corrected chi connectivity index (χ4v) is 2.88. The van der Waals surface area contributed by atoms with Crippen molar-refractivity contribution in [1.82, 2.24) is 0 Å². The molecular formula is C23H19NO5. The summed E-state index contributed by atoms with van der Waals surface area (Å²) in [6, 6.07) is 21.1. The molecule has 0 spiro atoms. The molecule has 0 radical (unpaired) electrons. The van der Waals surface area contributed by atoms with Crippen LogP contribution in [0, 0.1) is 0 Å². The summed E-state index contributed by atoms with van der Waals surface area (Å²) in [5.41, 5.74) is 2.44. The summed E-state index contributed by atoms with van der Waals surface area (Å²) in [4.78, 5) is 24.6. The lowest BCUT2D eigenvalue weighted by molar-refractivity contribution is 0.0471. The molecule has 0 aliphatic carbocycles. The lowest BCUT2D eigenvalue weighted by Gasteiger charge is -2.18. The molecular weight excluding hydrogens is 370 g/mol. The van der Waals surface area contributed by atoms with Gasteiger partial charge >= 0.3 is 5.97 Å². The SMILES string of the molecule is O=C(Nc1ccccc1)c1ccc(COC(=O)c2ccc3c(c2)OCCO3)cc1. The van der Waals surface area contributed by atoms with Crippen molar-refractivity contribution in [2.24, 2.45) is 0 Å². The maximum Gasteiger partial charge on any atom is 0.338 e. The normalized spacial score (nSPS) is 12.1. The zero-order valence-corrected chi connectivity index (χ0v) is 15.6. The minimum absolute atomic E-state index is 0.105. The van der Waals surface area contributed by atoms with Crippen LogP contribution in [-0.4, -0.2) is 25.1 Å². The van der Waals surface area contributed by atoms with Gasteiger partial charge in [-0.05, 0) is 48.0 Å². The van der Waals surface area contributed by atoms with Crippen LogP contribution in [0.1, 0.15) is 26.3 Å². The van der Waals surface area contributed by atoms with Crippen molar-refractivity contribution >= 4 is 17.6 Å². The molecule has 3 aromatic carbocycles. The van der Waals surface area contributed by atoms with Crippen molar-refractivity contribution < 1.29 is 23.8 Å². The fourth-order valence-electron chi connectivity index (χ4n) is 2.88. The van der Waals surface area contributed by atoms with Crippen LogP contribution in [0.25, 0.3) is 0 Å². The van der Waals surface area contributed by atoms with Gasteiger partial charge in [-0.3, -0.25) is 4.79 Å². The Morgan fingerprint density at radius 3 is 2.28 bits per heavy atom. The molecule has 1 aliphatic rings. The maximum absolute atomic E-state index is 12.3. The molecule has 1 aliphatic heterocycles. The van der Waals surface area contributed by atoms with Crippen molar-refractivity contribution in [3.05, 3.63) is 89.5 Å². The van der Waals surface area contributed by atoms with E-state index in [0.717, 1.165) is 11.3 Å². The van der Waals surface area contributed by atoms with Crippen LogP contribution in [0.2, 0.25) is 0 Å². The molecule has 3 aromatic rings. The number of hydrogen-bond acceptors (Lipinski definition) is 5. The van der Waals surface area contributed by atoms with Gasteiger partial charge in [-0.2, -0.15) is 0 Å². The molecule has 1 heterocycles. The zero-order valence-electron chi connectivity index (χ0n) is 15.6. The quantitative estimate of drug-likeness (QED) is 0.666. The van der Waals surface area contributed by atoms with Gasteiger partial charge in [-0.25, -0.2) is 4.79 Å². The van der Waals surface area contributed by atoms with E-state index in [1.165, 1.54) is 0 Å².